The molecule has 1 spiro atoms. The number of fused-ring (bicyclic) bond motifs is 7. The van der Waals surface area contributed by atoms with Crippen LogP contribution in [0.1, 0.15) is 136 Å². The van der Waals surface area contributed by atoms with Gasteiger partial charge in [-0.15, -0.1) is 0 Å². The number of aliphatic hydroxyl groups is 2. The third kappa shape index (κ3) is 15.8. The maximum Gasteiger partial charge on any atom is 0.342 e. The Labute approximate surface area is 652 Å². The smallest absolute Gasteiger partial charge is 0.342 e. The van der Waals surface area contributed by atoms with Crippen LogP contribution in [-0.4, -0.2) is 243 Å². The highest BCUT2D eigenvalue weighted by molar-refractivity contribution is 6.74. The van der Waals surface area contributed by atoms with Gasteiger partial charge in [-0.05, 0) is 129 Å². The van der Waals surface area contributed by atoms with Gasteiger partial charge in [-0.1, -0.05) is 69.9 Å². The van der Waals surface area contributed by atoms with Crippen LogP contribution in [0.3, 0.4) is 0 Å². The van der Waals surface area contributed by atoms with Crippen molar-refractivity contribution in [3.8, 4) is 5.75 Å². The summed E-state index contributed by atoms with van der Waals surface area (Å²) in [6, 6.07) is 18.7. The van der Waals surface area contributed by atoms with E-state index in [4.69, 9.17) is 38.6 Å². The van der Waals surface area contributed by atoms with Crippen molar-refractivity contribution in [2.45, 2.75) is 175 Å². The summed E-state index contributed by atoms with van der Waals surface area (Å²) in [7, 11) is 3.59. The number of piperidine rings is 1. The maximum absolute atomic E-state index is 15.8. The second-order valence-electron chi connectivity index (χ2n) is 31.5. The van der Waals surface area contributed by atoms with Crippen LogP contribution >= 0.6 is 0 Å². The number of nitrogen functional groups attached to an aromatic ring is 1. The first-order valence-electron chi connectivity index (χ1n) is 39.7. The molecule has 6 aromatic rings. The summed E-state index contributed by atoms with van der Waals surface area (Å²) in [5.41, 5.74) is 5.07. The van der Waals surface area contributed by atoms with Crippen LogP contribution in [0.5, 0.6) is 5.75 Å². The van der Waals surface area contributed by atoms with Gasteiger partial charge in [0, 0.05) is 121 Å². The van der Waals surface area contributed by atoms with Gasteiger partial charge in [0.25, 0.3) is 11.5 Å². The number of H-pyrrole nitrogens is 2. The van der Waals surface area contributed by atoms with Gasteiger partial charge in [0.2, 0.25) is 23.4 Å². The Morgan fingerprint density at radius 2 is 1.52 bits per heavy atom. The minimum Gasteiger partial charge on any atom is -0.496 e. The molecule has 4 fully saturated rings. The number of hydrogen-bond acceptors (Lipinski definition) is 24. The molecule has 9 heterocycles. The zero-order valence-electron chi connectivity index (χ0n) is 65.1. The van der Waals surface area contributed by atoms with Crippen molar-refractivity contribution in [1.82, 2.24) is 50.7 Å². The van der Waals surface area contributed by atoms with E-state index in [-0.39, 0.29) is 92.9 Å². The number of carboxylic acid groups (broad SMARTS) is 1. The molecule has 31 heteroatoms. The van der Waals surface area contributed by atoms with Crippen LogP contribution in [-0.2, 0) is 75.9 Å². The Morgan fingerprint density at radius 1 is 0.804 bits per heavy atom. The Kier molecular flexibility index (Phi) is 24.9. The van der Waals surface area contributed by atoms with E-state index in [9.17, 15) is 39.3 Å². The van der Waals surface area contributed by atoms with Crippen molar-refractivity contribution in [1.29, 1.82) is 0 Å². The number of rotatable bonds is 34. The number of aromatic nitrogens is 5. The topological polar surface area (TPSA) is 399 Å². The summed E-state index contributed by atoms with van der Waals surface area (Å²) in [5, 5.41) is 48.9. The van der Waals surface area contributed by atoms with E-state index >= 15 is 9.59 Å². The van der Waals surface area contributed by atoms with E-state index in [1.54, 1.807) is 19.2 Å². The number of likely N-dealkylation sites (N-methyl/N-ethyl adjacent to an activating group) is 1. The second-order valence-corrected chi connectivity index (χ2v) is 35.6. The van der Waals surface area contributed by atoms with Crippen molar-refractivity contribution < 1.29 is 76.9 Å². The number of para-hydroxylation sites is 1. The molecule has 11 N–H and O–H groups in total. The van der Waals surface area contributed by atoms with Crippen LogP contribution < -0.4 is 42.2 Å². The highest BCUT2D eigenvalue weighted by Gasteiger charge is 2.80. The normalized spacial score (nSPS) is 26.5. The number of aromatic amines is 2. The molecule has 3 aromatic heterocycles. The largest absolute Gasteiger partial charge is 0.496 e. The number of anilines is 3. The number of nitrogens with one attached hydrogen (secondary N) is 6. The summed E-state index contributed by atoms with van der Waals surface area (Å²) >= 11 is 0. The van der Waals surface area contributed by atoms with Gasteiger partial charge >= 0.3 is 17.9 Å². The van der Waals surface area contributed by atoms with Crippen LogP contribution in [0.15, 0.2) is 83.8 Å². The monoisotopic (exact) mass is 1560 g/mol. The molecular weight excluding hydrogens is 1460 g/mol. The molecule has 13 rings (SSSR count). The lowest BCUT2D eigenvalue weighted by atomic mass is 9.47. The summed E-state index contributed by atoms with van der Waals surface area (Å²) in [6.45, 7) is 9.73. The molecule has 6 aliphatic heterocycles. The second kappa shape index (κ2) is 34.4. The Bertz CT molecular complexity index is 4520. The zero-order chi connectivity index (χ0) is 79.2. The van der Waals surface area contributed by atoms with Crippen LogP contribution in [0, 0.1) is 11.3 Å². The van der Waals surface area contributed by atoms with Gasteiger partial charge in [-0.25, -0.2) is 19.6 Å². The molecule has 7 aliphatic rings. The molecule has 30 nitrogen and oxygen atoms in total. The molecule has 604 valence electrons. The number of esters is 2. The van der Waals surface area contributed by atoms with Crippen molar-refractivity contribution in [2.24, 2.45) is 11.3 Å². The fourth-order valence-electron chi connectivity index (χ4n) is 20.0. The number of unbranched alkanes of at least 4 members (excludes halogenated alkanes) is 1. The number of ether oxygens (including phenoxy) is 6. The van der Waals surface area contributed by atoms with Gasteiger partial charge in [0.05, 0.1) is 97.2 Å². The molecule has 2 unspecified atom stereocenters. The summed E-state index contributed by atoms with van der Waals surface area (Å²) in [6.07, 6.45) is 12.4. The fourth-order valence-corrected chi connectivity index (χ4v) is 24.6. The summed E-state index contributed by atoms with van der Waals surface area (Å²) in [4.78, 5) is 120. The Morgan fingerprint density at radius 3 is 2.21 bits per heavy atom. The van der Waals surface area contributed by atoms with E-state index in [1.165, 1.54) is 32.5 Å². The van der Waals surface area contributed by atoms with Gasteiger partial charge in [0.15, 0.2) is 19.5 Å². The SMILES string of the molecule is CC[C@]1(O)C[C@@H]2CN(CCc3c([nH]c4ccccc34)[C@@](C(=O)OC)(c3cc4c(cc3OC)N(C)[C@H]3[C@@](O)(C(=O)OC)[C@H](O[Si]5(CCCCC(=O)NCCOCCOCCOCCNC(=O)CC[C@@H](NC(=O)c6ccc(NCc7cnc8nc(N)[nH]c(=O)c8n7)cc6)C(=O)O)CCCCC5)[C@]5(CC)C=CCN6CC[C@]43C65)C2)C1. The molecule has 2 bridgehead atoms. The molecular formula is C81H109N13O17Si. The maximum atomic E-state index is 15.8. The number of carbonyl (C=O) groups is 6. The van der Waals surface area contributed by atoms with Crippen molar-refractivity contribution >= 4 is 83.3 Å². The minimum absolute atomic E-state index is 0.0409. The number of nitrogens with two attached hydrogens (primary N) is 1. The van der Waals surface area contributed by atoms with Crippen LogP contribution in [0.4, 0.5) is 17.3 Å². The lowest BCUT2D eigenvalue weighted by molar-refractivity contribution is -0.214. The van der Waals surface area contributed by atoms with E-state index in [0.717, 1.165) is 77.2 Å². The number of hydrogen-bond donors (Lipinski definition) is 10. The predicted molar refractivity (Wildman–Crippen MR) is 420 cm³/mol. The number of carboxylic acids is 1. The standard InChI is InChI=1S/C81H109N13O17Si/c1-7-77(103)45-51-46-80(74(101)106-5,66-56(26-32-93(49-51)50-77)55-17-10-11-18-59(55)88-66)58-43-57-61(44-62(58)105-4)92(3)72-79(57)28-33-94-31-16-27-78(8-2,71(79)94)73(81(72,104)75(102)107-6)111-112(40-13-9-14-41-112)42-15-12-19-63(95)83-29-34-108-36-38-110-39-37-109-35-30-84-64(96)25-24-60(70(99)100)89-68(97)52-20-22-53(23-21-52)85-47-54-48-86-67-65(87-54)69(98)91-76(82)90-67/h10-11,16-18,20-23,27,43-44,48,51,60,71-73,85,88,103-104H,7-9,12-15,19,24-26,28-42,45-47,49-50H2,1-6H3,(H,83,95)(H,84,96)(H,89,97)(H,99,100)(H3,82,86,90,91,98)/t51-,60+,71?,72+,73+,77-,78+,79+,80-,81-/m0/s1. The van der Waals surface area contributed by atoms with Crippen molar-refractivity contribution in [3.63, 3.8) is 0 Å². The lowest BCUT2D eigenvalue weighted by Crippen LogP contribution is -2.82. The third-order valence-corrected chi connectivity index (χ3v) is 29.5. The molecule has 11 atom stereocenters. The lowest BCUT2D eigenvalue weighted by Gasteiger charge is -2.65. The Hall–Kier alpha value is -8.92. The number of nitrogens with zero attached hydrogens (tertiary/aromatic N) is 6. The molecule has 3 saturated heterocycles. The van der Waals surface area contributed by atoms with Gasteiger partial charge in [0.1, 0.15) is 17.2 Å². The zero-order valence-corrected chi connectivity index (χ0v) is 66.1. The van der Waals surface area contributed by atoms with E-state index in [2.05, 4.69) is 98.2 Å². The van der Waals surface area contributed by atoms with E-state index in [0.29, 0.717) is 127 Å². The van der Waals surface area contributed by atoms with Crippen molar-refractivity contribution in [3.05, 3.63) is 123 Å². The molecule has 0 radical (unpaired) electrons. The fraction of sp³-hybridized carbons (Fsp3) is 0.580. The first-order chi connectivity index (χ1) is 54.0. The van der Waals surface area contributed by atoms with Gasteiger partial charge < -0.3 is 85.1 Å². The van der Waals surface area contributed by atoms with Crippen LogP contribution in [0.25, 0.3) is 22.1 Å². The quantitative estimate of drug-likeness (QED) is 0.00971. The molecule has 3 amide bonds. The molecule has 3 aromatic carbocycles. The summed E-state index contributed by atoms with van der Waals surface area (Å²) < 4.78 is 43.6. The predicted octanol–water partition coefficient (Wildman–Crippen LogP) is 5.91. The van der Waals surface area contributed by atoms with E-state index in [1.807, 2.05) is 32.2 Å². The average Bonchev–Trinajstić information content (AvgIpc) is 1.45. The van der Waals surface area contributed by atoms with Crippen LogP contribution in [0.2, 0.25) is 18.1 Å². The third-order valence-electron chi connectivity index (χ3n) is 25.0. The Balaban J connectivity index is 0.580. The minimum atomic E-state index is -2.81. The van der Waals surface area contributed by atoms with Gasteiger partial charge in [-0.3, -0.25) is 38.8 Å². The number of carbonyl (C=O) groups excluding carboxylic acids is 5. The molecule has 112 heavy (non-hydrogen) atoms. The van der Waals surface area contributed by atoms with Crippen molar-refractivity contribution in [2.75, 3.05) is 130 Å². The first-order valence-corrected chi connectivity index (χ1v) is 42.2. The summed E-state index contributed by atoms with van der Waals surface area (Å²) in [5.74, 6) is -3.33. The highest BCUT2D eigenvalue weighted by Crippen LogP contribution is 2.69. The highest BCUT2D eigenvalue weighted by atomic mass is 28.4. The number of benzene rings is 3. The molecule has 1 aliphatic carbocycles. The average molecular weight is 1560 g/mol. The van der Waals surface area contributed by atoms with E-state index < -0.39 is 89.2 Å². The number of methoxy groups -OCH3 is 3. The number of amides is 3. The first kappa shape index (κ1) is 81.1. The number of aliphatic carboxylic acids is 1. The molecule has 1 saturated carbocycles. The van der Waals surface area contributed by atoms with Gasteiger partial charge in [-0.2, -0.15) is 4.98 Å².